The van der Waals surface area contributed by atoms with Gasteiger partial charge in [-0.25, -0.2) is 0 Å². The standard InChI is InChI=1S/C12H17N3O3/c1-9(14-6-4-13-5-7-14)11-8-10(15(17)18)2-3-12(11)16/h2-3,8-9,13,16H,4-7H2,1H3/t9-/m1/s1. The molecule has 0 radical (unpaired) electrons. The second-order valence-corrected chi connectivity index (χ2v) is 4.46. The first kappa shape index (κ1) is 12.8. The maximum Gasteiger partial charge on any atom is 0.270 e. The fourth-order valence-electron chi connectivity index (χ4n) is 2.26. The van der Waals surface area contributed by atoms with Crippen LogP contribution in [0.2, 0.25) is 0 Å². The van der Waals surface area contributed by atoms with Gasteiger partial charge in [0.25, 0.3) is 5.69 Å². The molecule has 6 nitrogen and oxygen atoms in total. The highest BCUT2D eigenvalue weighted by Crippen LogP contribution is 2.31. The molecule has 18 heavy (non-hydrogen) atoms. The zero-order valence-electron chi connectivity index (χ0n) is 10.3. The molecule has 0 amide bonds. The number of rotatable bonds is 3. The van der Waals surface area contributed by atoms with Crippen LogP contribution >= 0.6 is 0 Å². The van der Waals surface area contributed by atoms with Gasteiger partial charge in [0, 0.05) is 49.9 Å². The molecule has 0 bridgehead atoms. The zero-order valence-corrected chi connectivity index (χ0v) is 10.3. The van der Waals surface area contributed by atoms with Gasteiger partial charge in [0.05, 0.1) is 4.92 Å². The SMILES string of the molecule is C[C@H](c1cc([N+](=O)[O-])ccc1O)N1CCNCC1. The first-order valence-electron chi connectivity index (χ1n) is 6.01. The summed E-state index contributed by atoms with van der Waals surface area (Å²) in [6.45, 7) is 5.52. The smallest absolute Gasteiger partial charge is 0.270 e. The normalized spacial score (nSPS) is 18.5. The highest BCUT2D eigenvalue weighted by molar-refractivity contribution is 5.44. The van der Waals surface area contributed by atoms with E-state index in [-0.39, 0.29) is 17.5 Å². The molecule has 0 saturated carbocycles. The van der Waals surface area contributed by atoms with Crippen molar-refractivity contribution >= 4 is 5.69 Å². The molecule has 98 valence electrons. The molecule has 1 aromatic carbocycles. The minimum absolute atomic E-state index is 0.0183. The summed E-state index contributed by atoms with van der Waals surface area (Å²) in [5.74, 6) is 0.117. The number of nitrogens with zero attached hydrogens (tertiary/aromatic N) is 2. The number of phenols is 1. The Labute approximate surface area is 105 Å². The minimum atomic E-state index is -0.437. The van der Waals surface area contributed by atoms with Crippen LogP contribution in [0.5, 0.6) is 5.75 Å². The van der Waals surface area contributed by atoms with Gasteiger partial charge in [-0.05, 0) is 13.0 Å². The van der Waals surface area contributed by atoms with Crippen molar-refractivity contribution in [3.63, 3.8) is 0 Å². The van der Waals surface area contributed by atoms with Gasteiger partial charge in [-0.2, -0.15) is 0 Å². The van der Waals surface area contributed by atoms with Gasteiger partial charge in [0.15, 0.2) is 0 Å². The topological polar surface area (TPSA) is 78.6 Å². The number of benzene rings is 1. The molecule has 0 aromatic heterocycles. The Kier molecular flexibility index (Phi) is 3.78. The van der Waals surface area contributed by atoms with Gasteiger partial charge < -0.3 is 10.4 Å². The molecule has 0 aliphatic carbocycles. The van der Waals surface area contributed by atoms with Crippen molar-refractivity contribution in [2.75, 3.05) is 26.2 Å². The van der Waals surface area contributed by atoms with E-state index in [1.165, 1.54) is 18.2 Å². The van der Waals surface area contributed by atoms with E-state index in [1.807, 2.05) is 6.92 Å². The lowest BCUT2D eigenvalue weighted by molar-refractivity contribution is -0.385. The van der Waals surface area contributed by atoms with Crippen LogP contribution in [0.25, 0.3) is 0 Å². The molecular formula is C12H17N3O3. The Hall–Kier alpha value is -1.66. The Bertz CT molecular complexity index is 444. The van der Waals surface area contributed by atoms with Gasteiger partial charge in [0.2, 0.25) is 0 Å². The maximum absolute atomic E-state index is 10.8. The second kappa shape index (κ2) is 5.32. The Balaban J connectivity index is 2.25. The fraction of sp³-hybridized carbons (Fsp3) is 0.500. The number of aromatic hydroxyl groups is 1. The molecule has 2 rings (SSSR count). The van der Waals surface area contributed by atoms with Crippen molar-refractivity contribution in [1.29, 1.82) is 0 Å². The number of non-ortho nitro benzene ring substituents is 1. The van der Waals surface area contributed by atoms with E-state index in [4.69, 9.17) is 0 Å². The van der Waals surface area contributed by atoms with E-state index in [9.17, 15) is 15.2 Å². The van der Waals surface area contributed by atoms with Gasteiger partial charge >= 0.3 is 0 Å². The minimum Gasteiger partial charge on any atom is -0.508 e. The first-order valence-corrected chi connectivity index (χ1v) is 6.01. The van der Waals surface area contributed by atoms with E-state index < -0.39 is 4.92 Å². The summed E-state index contributed by atoms with van der Waals surface area (Å²) in [5.41, 5.74) is 0.635. The molecule has 1 aliphatic heterocycles. The lowest BCUT2D eigenvalue weighted by Crippen LogP contribution is -2.44. The Morgan fingerprint density at radius 1 is 1.44 bits per heavy atom. The largest absolute Gasteiger partial charge is 0.508 e. The van der Waals surface area contributed by atoms with E-state index in [1.54, 1.807) is 0 Å². The predicted octanol–water partition coefficient (Wildman–Crippen LogP) is 1.27. The highest BCUT2D eigenvalue weighted by Gasteiger charge is 2.22. The third-order valence-electron chi connectivity index (χ3n) is 3.37. The van der Waals surface area contributed by atoms with Crippen LogP contribution < -0.4 is 5.32 Å². The third kappa shape index (κ3) is 2.60. The second-order valence-electron chi connectivity index (χ2n) is 4.46. The molecule has 6 heteroatoms. The van der Waals surface area contributed by atoms with Crippen LogP contribution in [0.4, 0.5) is 5.69 Å². The molecular weight excluding hydrogens is 234 g/mol. The van der Waals surface area contributed by atoms with Crippen LogP contribution in [0.15, 0.2) is 18.2 Å². The highest BCUT2D eigenvalue weighted by atomic mass is 16.6. The summed E-state index contributed by atoms with van der Waals surface area (Å²) in [5, 5.41) is 23.9. The molecule has 1 saturated heterocycles. The molecule has 0 unspecified atom stereocenters. The number of phenolic OH excluding ortho intramolecular Hbond substituents is 1. The molecule has 1 aliphatic rings. The summed E-state index contributed by atoms with van der Waals surface area (Å²) in [6.07, 6.45) is 0. The summed E-state index contributed by atoms with van der Waals surface area (Å²) in [7, 11) is 0. The van der Waals surface area contributed by atoms with Crippen molar-refractivity contribution in [2.45, 2.75) is 13.0 Å². The van der Waals surface area contributed by atoms with Gasteiger partial charge in [-0.3, -0.25) is 15.0 Å². The van der Waals surface area contributed by atoms with Gasteiger partial charge in [-0.1, -0.05) is 0 Å². The third-order valence-corrected chi connectivity index (χ3v) is 3.37. The van der Waals surface area contributed by atoms with E-state index >= 15 is 0 Å². The van der Waals surface area contributed by atoms with Crippen molar-refractivity contribution in [3.8, 4) is 5.75 Å². The maximum atomic E-state index is 10.8. The van der Waals surface area contributed by atoms with E-state index in [0.717, 1.165) is 26.2 Å². The molecule has 1 aromatic rings. The van der Waals surface area contributed by atoms with Crippen LogP contribution in [-0.2, 0) is 0 Å². The summed E-state index contributed by atoms with van der Waals surface area (Å²) < 4.78 is 0. The first-order chi connectivity index (χ1) is 8.59. The Morgan fingerprint density at radius 3 is 2.72 bits per heavy atom. The Morgan fingerprint density at radius 2 is 2.11 bits per heavy atom. The molecule has 2 N–H and O–H groups in total. The quantitative estimate of drug-likeness (QED) is 0.624. The van der Waals surface area contributed by atoms with Gasteiger partial charge in [0.1, 0.15) is 5.75 Å². The molecule has 0 spiro atoms. The van der Waals surface area contributed by atoms with Crippen molar-refractivity contribution in [3.05, 3.63) is 33.9 Å². The average Bonchev–Trinajstić information content (AvgIpc) is 2.39. The van der Waals surface area contributed by atoms with Crippen molar-refractivity contribution in [1.82, 2.24) is 10.2 Å². The number of nitro groups is 1. The summed E-state index contributed by atoms with van der Waals surface area (Å²) in [4.78, 5) is 12.5. The van der Waals surface area contributed by atoms with Crippen LogP contribution in [0.1, 0.15) is 18.5 Å². The number of hydrogen-bond donors (Lipinski definition) is 2. The average molecular weight is 251 g/mol. The molecule has 1 atom stereocenters. The molecule has 1 heterocycles. The number of piperazine rings is 1. The number of nitrogens with one attached hydrogen (secondary N) is 1. The monoisotopic (exact) mass is 251 g/mol. The summed E-state index contributed by atoms with van der Waals surface area (Å²) in [6, 6.07) is 4.16. The zero-order chi connectivity index (χ0) is 13.1. The number of nitro benzene ring substituents is 1. The van der Waals surface area contributed by atoms with Gasteiger partial charge in [-0.15, -0.1) is 0 Å². The predicted molar refractivity (Wildman–Crippen MR) is 67.6 cm³/mol. The van der Waals surface area contributed by atoms with Crippen LogP contribution in [0, 0.1) is 10.1 Å². The van der Waals surface area contributed by atoms with E-state index in [0.29, 0.717) is 5.56 Å². The lowest BCUT2D eigenvalue weighted by atomic mass is 10.0. The molecule has 1 fully saturated rings. The number of hydrogen-bond acceptors (Lipinski definition) is 5. The van der Waals surface area contributed by atoms with Crippen LogP contribution in [-0.4, -0.2) is 41.1 Å². The van der Waals surface area contributed by atoms with Crippen molar-refractivity contribution in [2.24, 2.45) is 0 Å². The lowest BCUT2D eigenvalue weighted by Gasteiger charge is -2.33. The van der Waals surface area contributed by atoms with E-state index in [2.05, 4.69) is 10.2 Å². The van der Waals surface area contributed by atoms with Crippen LogP contribution in [0.3, 0.4) is 0 Å². The fourth-order valence-corrected chi connectivity index (χ4v) is 2.26. The summed E-state index contributed by atoms with van der Waals surface area (Å²) >= 11 is 0. The van der Waals surface area contributed by atoms with Crippen molar-refractivity contribution < 1.29 is 10.0 Å².